The van der Waals surface area contributed by atoms with Crippen molar-refractivity contribution in [3.63, 3.8) is 0 Å². The number of halogens is 1. The van der Waals surface area contributed by atoms with E-state index in [2.05, 4.69) is 15.9 Å². The number of amides is 1. The summed E-state index contributed by atoms with van der Waals surface area (Å²) in [5.74, 6) is -0.757. The first-order valence-electron chi connectivity index (χ1n) is 11.1. The van der Waals surface area contributed by atoms with Gasteiger partial charge in [0.2, 0.25) is 0 Å². The molecule has 0 spiro atoms. The summed E-state index contributed by atoms with van der Waals surface area (Å²) in [5.41, 5.74) is 1.56. The highest BCUT2D eigenvalue weighted by atomic mass is 79.9. The summed E-state index contributed by atoms with van der Waals surface area (Å²) in [7, 11) is 0. The van der Waals surface area contributed by atoms with Crippen LogP contribution in [0, 0.1) is 0 Å². The Kier molecular flexibility index (Phi) is 5.94. The van der Waals surface area contributed by atoms with Gasteiger partial charge in [-0.2, -0.15) is 0 Å². The van der Waals surface area contributed by atoms with Crippen molar-refractivity contribution in [2.75, 3.05) is 11.4 Å². The van der Waals surface area contributed by atoms with Crippen molar-refractivity contribution >= 4 is 33.3 Å². The minimum Gasteiger partial charge on any atom is -0.375 e. The van der Waals surface area contributed by atoms with Crippen molar-refractivity contribution in [3.8, 4) is 5.69 Å². The second-order valence-corrected chi connectivity index (χ2v) is 9.37. The van der Waals surface area contributed by atoms with E-state index in [9.17, 15) is 14.7 Å². The number of fused-ring (bicyclic) bond motifs is 1. The van der Waals surface area contributed by atoms with Gasteiger partial charge in [-0.3, -0.25) is 9.59 Å². The van der Waals surface area contributed by atoms with Crippen LogP contribution in [0.15, 0.2) is 102 Å². The molecule has 1 aliphatic heterocycles. The number of rotatable bonds is 7. The molecule has 5 rings (SSSR count). The lowest BCUT2D eigenvalue weighted by molar-refractivity contribution is -0.135. The van der Waals surface area contributed by atoms with Gasteiger partial charge >= 0.3 is 0 Å². The van der Waals surface area contributed by atoms with E-state index in [0.29, 0.717) is 29.8 Å². The fourth-order valence-electron chi connectivity index (χ4n) is 4.48. The van der Waals surface area contributed by atoms with Crippen molar-refractivity contribution < 1.29 is 14.7 Å². The van der Waals surface area contributed by atoms with Crippen LogP contribution in [0.4, 0.5) is 5.69 Å². The second-order valence-electron chi connectivity index (χ2n) is 8.45. The van der Waals surface area contributed by atoms with E-state index in [0.717, 1.165) is 15.7 Å². The molecule has 4 aromatic rings. The first kappa shape index (κ1) is 22.3. The summed E-state index contributed by atoms with van der Waals surface area (Å²) in [6, 6.07) is 26.3. The molecule has 0 saturated heterocycles. The fourth-order valence-corrected chi connectivity index (χ4v) is 4.84. The van der Waals surface area contributed by atoms with Crippen molar-refractivity contribution in [1.29, 1.82) is 0 Å². The zero-order chi connectivity index (χ0) is 23.7. The van der Waals surface area contributed by atoms with Gasteiger partial charge in [-0.1, -0.05) is 58.4 Å². The molecule has 3 aromatic carbocycles. The lowest BCUT2D eigenvalue weighted by Crippen LogP contribution is -2.42. The van der Waals surface area contributed by atoms with Gasteiger partial charge in [0.1, 0.15) is 0 Å². The summed E-state index contributed by atoms with van der Waals surface area (Å²) < 4.78 is 2.65. The molecule has 5 nitrogen and oxygen atoms in total. The first-order chi connectivity index (χ1) is 16.5. The molecule has 0 saturated carbocycles. The van der Waals surface area contributed by atoms with Crippen LogP contribution in [0.2, 0.25) is 0 Å². The quantitative estimate of drug-likeness (QED) is 0.341. The molecular weight excluding hydrogens is 492 g/mol. The summed E-state index contributed by atoms with van der Waals surface area (Å²) in [6.45, 7) is 0.414. The van der Waals surface area contributed by atoms with E-state index in [4.69, 9.17) is 0 Å². The number of anilines is 1. The fraction of sp³-hybridized carbons (Fsp3) is 0.143. The molecule has 0 bridgehead atoms. The molecule has 1 aliphatic rings. The van der Waals surface area contributed by atoms with E-state index < -0.39 is 11.5 Å². The highest BCUT2D eigenvalue weighted by Gasteiger charge is 2.50. The van der Waals surface area contributed by atoms with Crippen LogP contribution in [0.25, 0.3) is 5.69 Å². The third kappa shape index (κ3) is 4.11. The van der Waals surface area contributed by atoms with E-state index in [1.807, 2.05) is 77.6 Å². The lowest BCUT2D eigenvalue weighted by Gasteiger charge is -2.23. The molecule has 1 aromatic heterocycles. The number of ketones is 1. The summed E-state index contributed by atoms with van der Waals surface area (Å²) in [4.78, 5) is 28.4. The van der Waals surface area contributed by atoms with Gasteiger partial charge in [0, 0.05) is 40.2 Å². The Labute approximate surface area is 206 Å². The van der Waals surface area contributed by atoms with Gasteiger partial charge < -0.3 is 14.6 Å². The van der Waals surface area contributed by atoms with Gasteiger partial charge in [-0.25, -0.2) is 0 Å². The van der Waals surface area contributed by atoms with E-state index in [1.165, 1.54) is 0 Å². The Morgan fingerprint density at radius 2 is 1.68 bits per heavy atom. The molecular formula is C28H23BrN2O3. The molecule has 0 fully saturated rings. The van der Waals surface area contributed by atoms with Gasteiger partial charge in [0.15, 0.2) is 11.4 Å². The lowest BCUT2D eigenvalue weighted by atomic mass is 9.88. The van der Waals surface area contributed by atoms with Crippen molar-refractivity contribution in [3.05, 3.63) is 118 Å². The van der Waals surface area contributed by atoms with E-state index in [1.54, 1.807) is 29.2 Å². The van der Waals surface area contributed by atoms with Crippen LogP contribution in [-0.2, 0) is 16.8 Å². The number of hydrogen-bond acceptors (Lipinski definition) is 3. The number of aromatic nitrogens is 1. The number of carbonyl (C=O) groups is 2. The third-order valence-corrected chi connectivity index (χ3v) is 6.74. The number of hydrogen-bond donors (Lipinski definition) is 1. The molecule has 170 valence electrons. The Balaban J connectivity index is 1.44. The monoisotopic (exact) mass is 514 g/mol. The van der Waals surface area contributed by atoms with E-state index >= 15 is 0 Å². The van der Waals surface area contributed by atoms with Crippen LogP contribution in [0.1, 0.15) is 27.9 Å². The summed E-state index contributed by atoms with van der Waals surface area (Å²) in [5, 5.41) is 11.7. The normalized spacial score (nSPS) is 17.1. The smallest absolute Gasteiger partial charge is 0.264 e. The summed E-state index contributed by atoms with van der Waals surface area (Å²) in [6.07, 6.45) is 4.11. The molecule has 34 heavy (non-hydrogen) atoms. The molecule has 1 amide bonds. The van der Waals surface area contributed by atoms with E-state index in [-0.39, 0.29) is 12.2 Å². The minimum atomic E-state index is -1.92. The SMILES string of the molecule is O=C(CC1(O)C(=O)N(CCc2ccccc2)c2ccc(Br)cc21)c1cccc(-n2cccc2)c1. The van der Waals surface area contributed by atoms with Crippen molar-refractivity contribution in [2.45, 2.75) is 18.4 Å². The van der Waals surface area contributed by atoms with Gasteiger partial charge in [0.05, 0.1) is 12.1 Å². The maximum absolute atomic E-state index is 13.5. The second kappa shape index (κ2) is 9.05. The zero-order valence-electron chi connectivity index (χ0n) is 18.4. The highest BCUT2D eigenvalue weighted by molar-refractivity contribution is 9.10. The van der Waals surface area contributed by atoms with Gasteiger partial charge in [-0.05, 0) is 54.4 Å². The molecule has 2 heterocycles. The Morgan fingerprint density at radius 3 is 2.44 bits per heavy atom. The molecule has 6 heteroatoms. The Hall–Kier alpha value is -3.48. The third-order valence-electron chi connectivity index (χ3n) is 6.25. The largest absolute Gasteiger partial charge is 0.375 e. The molecule has 1 atom stereocenters. The zero-order valence-corrected chi connectivity index (χ0v) is 20.0. The minimum absolute atomic E-state index is 0.291. The van der Waals surface area contributed by atoms with Crippen LogP contribution >= 0.6 is 15.9 Å². The van der Waals surface area contributed by atoms with Crippen LogP contribution in [-0.4, -0.2) is 27.9 Å². The predicted octanol–water partition coefficient (Wildman–Crippen LogP) is 5.29. The van der Waals surface area contributed by atoms with Crippen LogP contribution in [0.3, 0.4) is 0 Å². The number of benzene rings is 3. The first-order valence-corrected chi connectivity index (χ1v) is 11.9. The average molecular weight is 515 g/mol. The Bertz CT molecular complexity index is 1350. The van der Waals surface area contributed by atoms with Gasteiger partial charge in [0.25, 0.3) is 5.91 Å². The van der Waals surface area contributed by atoms with Crippen LogP contribution in [0.5, 0.6) is 0 Å². The molecule has 0 radical (unpaired) electrons. The average Bonchev–Trinajstić information content (AvgIpc) is 3.46. The number of carbonyl (C=O) groups excluding carboxylic acids is 2. The number of nitrogens with zero attached hydrogens (tertiary/aromatic N) is 2. The molecule has 1 N–H and O–H groups in total. The standard InChI is InChI=1S/C28H23BrN2O3/c29-22-11-12-25-24(18-22)28(34,27(33)31(25)16-13-20-7-2-1-3-8-20)19-26(32)21-9-6-10-23(17-21)30-14-4-5-15-30/h1-12,14-15,17-18,34H,13,16,19H2. The molecule has 1 unspecified atom stereocenters. The summed E-state index contributed by atoms with van der Waals surface area (Å²) >= 11 is 3.45. The Morgan fingerprint density at radius 1 is 0.912 bits per heavy atom. The number of Topliss-reactive ketones (excluding diaryl/α,β-unsaturated/α-hetero) is 1. The topological polar surface area (TPSA) is 62.5 Å². The van der Waals surface area contributed by atoms with Crippen molar-refractivity contribution in [1.82, 2.24) is 4.57 Å². The van der Waals surface area contributed by atoms with Crippen LogP contribution < -0.4 is 4.90 Å². The van der Waals surface area contributed by atoms with Crippen molar-refractivity contribution in [2.24, 2.45) is 0 Å². The van der Waals surface area contributed by atoms with Gasteiger partial charge in [-0.15, -0.1) is 0 Å². The predicted molar refractivity (Wildman–Crippen MR) is 135 cm³/mol. The maximum atomic E-state index is 13.5. The number of aliphatic hydroxyl groups is 1. The highest BCUT2D eigenvalue weighted by Crippen LogP contribution is 2.44. The maximum Gasteiger partial charge on any atom is 0.264 e. The molecule has 0 aliphatic carbocycles.